The molecule has 0 bridgehead atoms. The van der Waals surface area contributed by atoms with Crippen LogP contribution >= 0.6 is 0 Å². The van der Waals surface area contributed by atoms with Gasteiger partial charge in [-0.2, -0.15) is 0 Å². The van der Waals surface area contributed by atoms with Crippen molar-refractivity contribution in [3.05, 3.63) is 96.2 Å². The normalized spacial score (nSPS) is 15.5. The van der Waals surface area contributed by atoms with Crippen molar-refractivity contribution in [3.8, 4) is 0 Å². The Hall–Kier alpha value is -3.71. The number of anilines is 2. The van der Waals surface area contributed by atoms with Gasteiger partial charge in [-0.05, 0) is 67.4 Å². The van der Waals surface area contributed by atoms with Gasteiger partial charge in [0.15, 0.2) is 0 Å². The Kier molecular flexibility index (Phi) is 4.90. The highest BCUT2D eigenvalue weighted by Crippen LogP contribution is 2.36. The molecular formula is C25H21N3O3S. The molecule has 7 heteroatoms. The van der Waals surface area contributed by atoms with Crippen LogP contribution in [0.2, 0.25) is 0 Å². The zero-order valence-corrected chi connectivity index (χ0v) is 18.2. The Bertz CT molecular complexity index is 1440. The third-order valence-electron chi connectivity index (χ3n) is 5.69. The van der Waals surface area contributed by atoms with E-state index in [1.165, 1.54) is 16.4 Å². The molecular weight excluding hydrogens is 422 g/mol. The lowest BCUT2D eigenvalue weighted by Crippen LogP contribution is -2.35. The molecule has 1 aromatic heterocycles. The summed E-state index contributed by atoms with van der Waals surface area (Å²) in [4.78, 5) is 17.4. The van der Waals surface area contributed by atoms with Gasteiger partial charge in [0, 0.05) is 23.2 Å². The molecule has 1 atom stereocenters. The lowest BCUT2D eigenvalue weighted by Gasteiger charge is -2.24. The van der Waals surface area contributed by atoms with Crippen LogP contribution in [0.1, 0.15) is 22.8 Å². The van der Waals surface area contributed by atoms with Crippen LogP contribution in [0.3, 0.4) is 0 Å². The molecule has 1 amide bonds. The van der Waals surface area contributed by atoms with Crippen molar-refractivity contribution in [2.24, 2.45) is 0 Å². The molecule has 0 fully saturated rings. The molecule has 5 rings (SSSR count). The Morgan fingerprint density at radius 3 is 2.69 bits per heavy atom. The fourth-order valence-corrected chi connectivity index (χ4v) is 5.96. The van der Waals surface area contributed by atoms with Crippen molar-refractivity contribution in [1.82, 2.24) is 4.98 Å². The van der Waals surface area contributed by atoms with Crippen molar-refractivity contribution in [2.45, 2.75) is 24.3 Å². The maximum Gasteiger partial charge on any atom is 0.264 e. The lowest BCUT2D eigenvalue weighted by atomic mass is 10.1. The zero-order valence-electron chi connectivity index (χ0n) is 17.4. The highest BCUT2D eigenvalue weighted by Gasteiger charge is 2.36. The van der Waals surface area contributed by atoms with Gasteiger partial charge in [-0.15, -0.1) is 0 Å². The number of nitrogens with zero attached hydrogens (tertiary/aromatic N) is 2. The first kappa shape index (κ1) is 20.2. The van der Waals surface area contributed by atoms with Crippen LogP contribution in [0.15, 0.2) is 90.0 Å². The summed E-state index contributed by atoms with van der Waals surface area (Å²) in [5.74, 6) is -0.381. The van der Waals surface area contributed by atoms with Crippen LogP contribution in [-0.2, 0) is 16.4 Å². The molecule has 32 heavy (non-hydrogen) atoms. The topological polar surface area (TPSA) is 79.4 Å². The smallest absolute Gasteiger partial charge is 0.264 e. The van der Waals surface area contributed by atoms with Crippen LogP contribution in [-0.4, -0.2) is 25.4 Å². The van der Waals surface area contributed by atoms with Crippen molar-refractivity contribution >= 4 is 38.2 Å². The third kappa shape index (κ3) is 3.40. The molecule has 2 heterocycles. The molecule has 0 saturated carbocycles. The fraction of sp³-hybridized carbons (Fsp3) is 0.120. The number of aromatic nitrogens is 1. The SMILES string of the molecule is CC1Cc2ccccc2N1S(=O)(=O)c1cccc(C(=O)Nc2cccc3ncccc23)c1. The molecule has 160 valence electrons. The van der Waals surface area contributed by atoms with E-state index in [-0.39, 0.29) is 22.4 Å². The molecule has 1 unspecified atom stereocenters. The number of carbonyl (C=O) groups is 1. The maximum absolute atomic E-state index is 13.5. The molecule has 1 aliphatic rings. The minimum atomic E-state index is -3.82. The first-order valence-corrected chi connectivity index (χ1v) is 11.8. The molecule has 0 saturated heterocycles. The second-order valence-electron chi connectivity index (χ2n) is 7.84. The number of fused-ring (bicyclic) bond motifs is 2. The van der Waals surface area contributed by atoms with Crippen LogP contribution in [0, 0.1) is 0 Å². The van der Waals surface area contributed by atoms with E-state index in [9.17, 15) is 13.2 Å². The van der Waals surface area contributed by atoms with Gasteiger partial charge in [-0.25, -0.2) is 8.42 Å². The fourth-order valence-electron chi connectivity index (χ4n) is 4.22. The summed E-state index contributed by atoms with van der Waals surface area (Å²) >= 11 is 0. The summed E-state index contributed by atoms with van der Waals surface area (Å²) in [5.41, 5.74) is 3.35. The number of nitrogens with one attached hydrogen (secondary N) is 1. The number of amides is 1. The quantitative estimate of drug-likeness (QED) is 0.499. The average Bonchev–Trinajstić information content (AvgIpc) is 3.16. The lowest BCUT2D eigenvalue weighted by molar-refractivity contribution is 0.102. The molecule has 4 aromatic rings. The van der Waals surface area contributed by atoms with Gasteiger partial charge in [0.2, 0.25) is 0 Å². The van der Waals surface area contributed by atoms with E-state index in [2.05, 4.69) is 10.3 Å². The Balaban J connectivity index is 1.48. The molecule has 0 aliphatic carbocycles. The number of carbonyl (C=O) groups excluding carboxylic acids is 1. The second-order valence-corrected chi connectivity index (χ2v) is 9.66. The standard InChI is InChI=1S/C25H21N3O3S/c1-17-15-18-7-2-3-13-24(18)28(17)32(30,31)20-9-4-8-19(16-20)25(29)27-23-12-5-11-22-21(23)10-6-14-26-22/h2-14,16-17H,15H2,1H3,(H,27,29). The third-order valence-corrected chi connectivity index (χ3v) is 7.62. The molecule has 1 aliphatic heterocycles. The van der Waals surface area contributed by atoms with Crippen molar-refractivity contribution in [2.75, 3.05) is 9.62 Å². The van der Waals surface area contributed by atoms with E-state index >= 15 is 0 Å². The molecule has 0 spiro atoms. The summed E-state index contributed by atoms with van der Waals surface area (Å²) in [7, 11) is -3.82. The van der Waals surface area contributed by atoms with Crippen molar-refractivity contribution < 1.29 is 13.2 Å². The van der Waals surface area contributed by atoms with Crippen LogP contribution in [0.5, 0.6) is 0 Å². The number of benzene rings is 3. The van der Waals surface area contributed by atoms with Gasteiger partial charge < -0.3 is 5.32 Å². The summed E-state index contributed by atoms with van der Waals surface area (Å²) in [6, 6.07) is 22.7. The van der Waals surface area contributed by atoms with Crippen molar-refractivity contribution in [1.29, 1.82) is 0 Å². The number of sulfonamides is 1. The van der Waals surface area contributed by atoms with E-state index in [1.54, 1.807) is 30.5 Å². The first-order chi connectivity index (χ1) is 15.4. The summed E-state index contributed by atoms with van der Waals surface area (Å²) in [6.07, 6.45) is 2.35. The van der Waals surface area contributed by atoms with Gasteiger partial charge in [0.05, 0.1) is 21.8 Å². The number of para-hydroxylation sites is 1. The van der Waals surface area contributed by atoms with E-state index in [4.69, 9.17) is 0 Å². The van der Waals surface area contributed by atoms with E-state index in [1.807, 2.05) is 49.4 Å². The minimum Gasteiger partial charge on any atom is -0.321 e. The van der Waals surface area contributed by atoms with Crippen LogP contribution in [0.4, 0.5) is 11.4 Å². The van der Waals surface area contributed by atoms with Gasteiger partial charge in [0.25, 0.3) is 15.9 Å². The largest absolute Gasteiger partial charge is 0.321 e. The molecule has 1 N–H and O–H groups in total. The monoisotopic (exact) mass is 443 g/mol. The first-order valence-electron chi connectivity index (χ1n) is 10.3. The highest BCUT2D eigenvalue weighted by molar-refractivity contribution is 7.92. The number of hydrogen-bond acceptors (Lipinski definition) is 4. The van der Waals surface area contributed by atoms with Gasteiger partial charge in [-0.1, -0.05) is 30.3 Å². The highest BCUT2D eigenvalue weighted by atomic mass is 32.2. The summed E-state index contributed by atoms with van der Waals surface area (Å²) < 4.78 is 28.5. The maximum atomic E-state index is 13.5. The van der Waals surface area contributed by atoms with E-state index < -0.39 is 10.0 Å². The van der Waals surface area contributed by atoms with Crippen LogP contribution < -0.4 is 9.62 Å². The number of pyridine rings is 1. The predicted octanol–water partition coefficient (Wildman–Crippen LogP) is 4.63. The zero-order chi connectivity index (χ0) is 22.3. The summed E-state index contributed by atoms with van der Waals surface area (Å²) in [6.45, 7) is 1.89. The Morgan fingerprint density at radius 1 is 1.00 bits per heavy atom. The van der Waals surface area contributed by atoms with Gasteiger partial charge in [0.1, 0.15) is 0 Å². The van der Waals surface area contributed by atoms with Gasteiger partial charge >= 0.3 is 0 Å². The Labute approximate surface area is 186 Å². The van der Waals surface area contributed by atoms with E-state index in [0.29, 0.717) is 17.8 Å². The number of rotatable bonds is 4. The number of hydrogen-bond donors (Lipinski definition) is 1. The van der Waals surface area contributed by atoms with Crippen molar-refractivity contribution in [3.63, 3.8) is 0 Å². The molecule has 3 aromatic carbocycles. The average molecular weight is 444 g/mol. The predicted molar refractivity (Wildman–Crippen MR) is 125 cm³/mol. The van der Waals surface area contributed by atoms with Crippen LogP contribution in [0.25, 0.3) is 10.9 Å². The Morgan fingerprint density at radius 2 is 1.81 bits per heavy atom. The summed E-state index contributed by atoms with van der Waals surface area (Å²) in [5, 5.41) is 3.70. The molecule has 0 radical (unpaired) electrons. The second kappa shape index (κ2) is 7.76. The minimum absolute atomic E-state index is 0.0910. The van der Waals surface area contributed by atoms with Gasteiger partial charge in [-0.3, -0.25) is 14.1 Å². The molecule has 6 nitrogen and oxygen atoms in total. The van der Waals surface area contributed by atoms with E-state index in [0.717, 1.165) is 16.5 Å².